The molecule has 2 rings (SSSR count). The SMILES string of the molecule is COc1ccc(O)c(C(=O)NCCc2ncno2)c1. The number of aromatic nitrogens is 2. The van der Waals surface area contributed by atoms with E-state index in [2.05, 4.69) is 15.5 Å². The lowest BCUT2D eigenvalue weighted by atomic mass is 10.1. The maximum absolute atomic E-state index is 11.9. The second kappa shape index (κ2) is 5.85. The maximum atomic E-state index is 11.9. The van der Waals surface area contributed by atoms with Crippen LogP contribution in [0.25, 0.3) is 0 Å². The molecule has 7 heteroatoms. The van der Waals surface area contributed by atoms with Crippen molar-refractivity contribution in [3.05, 3.63) is 36.0 Å². The van der Waals surface area contributed by atoms with Gasteiger partial charge in [0.15, 0.2) is 6.33 Å². The standard InChI is InChI=1S/C12H13N3O4/c1-18-8-2-3-10(16)9(6-8)12(17)13-5-4-11-14-7-15-19-11/h2-3,6-7,16H,4-5H2,1H3,(H,13,17). The third-order valence-electron chi connectivity index (χ3n) is 2.48. The Morgan fingerprint density at radius 2 is 2.37 bits per heavy atom. The number of benzene rings is 1. The number of hydrogen-bond donors (Lipinski definition) is 2. The summed E-state index contributed by atoms with van der Waals surface area (Å²) < 4.78 is 9.80. The number of nitrogens with zero attached hydrogens (tertiary/aromatic N) is 2. The van der Waals surface area contributed by atoms with Crippen molar-refractivity contribution in [2.75, 3.05) is 13.7 Å². The molecule has 0 spiro atoms. The van der Waals surface area contributed by atoms with E-state index in [9.17, 15) is 9.90 Å². The molecule has 0 fully saturated rings. The third kappa shape index (κ3) is 3.21. The van der Waals surface area contributed by atoms with Crippen LogP contribution in [0.15, 0.2) is 29.0 Å². The van der Waals surface area contributed by atoms with Crippen molar-refractivity contribution >= 4 is 5.91 Å². The van der Waals surface area contributed by atoms with Gasteiger partial charge in [0.2, 0.25) is 5.89 Å². The highest BCUT2D eigenvalue weighted by molar-refractivity contribution is 5.97. The van der Waals surface area contributed by atoms with Crippen LogP contribution in [-0.2, 0) is 6.42 Å². The van der Waals surface area contributed by atoms with Crippen molar-refractivity contribution in [2.24, 2.45) is 0 Å². The van der Waals surface area contributed by atoms with Crippen LogP contribution in [0.2, 0.25) is 0 Å². The van der Waals surface area contributed by atoms with Gasteiger partial charge in [-0.25, -0.2) is 0 Å². The number of methoxy groups -OCH3 is 1. The number of amides is 1. The number of hydrogen-bond acceptors (Lipinski definition) is 6. The minimum atomic E-state index is -0.393. The van der Waals surface area contributed by atoms with Gasteiger partial charge >= 0.3 is 0 Å². The monoisotopic (exact) mass is 263 g/mol. The van der Waals surface area contributed by atoms with Crippen LogP contribution < -0.4 is 10.1 Å². The van der Waals surface area contributed by atoms with Gasteiger partial charge in [0, 0.05) is 13.0 Å². The van der Waals surface area contributed by atoms with Gasteiger partial charge < -0.3 is 19.7 Å². The predicted molar refractivity (Wildman–Crippen MR) is 65.0 cm³/mol. The summed E-state index contributed by atoms with van der Waals surface area (Å²) in [5, 5.41) is 15.7. The highest BCUT2D eigenvalue weighted by Crippen LogP contribution is 2.22. The number of nitrogens with one attached hydrogen (secondary N) is 1. The first-order chi connectivity index (χ1) is 9.20. The molecule has 0 saturated heterocycles. The van der Waals surface area contributed by atoms with E-state index in [-0.39, 0.29) is 11.3 Å². The molecule has 0 aliphatic heterocycles. The van der Waals surface area contributed by atoms with E-state index in [0.717, 1.165) is 0 Å². The van der Waals surface area contributed by atoms with Crippen molar-refractivity contribution < 1.29 is 19.2 Å². The summed E-state index contributed by atoms with van der Waals surface area (Å²) in [6, 6.07) is 4.45. The fourth-order valence-corrected chi connectivity index (χ4v) is 1.51. The van der Waals surface area contributed by atoms with E-state index in [4.69, 9.17) is 9.26 Å². The molecule has 0 unspecified atom stereocenters. The van der Waals surface area contributed by atoms with Crippen LogP contribution in [0.4, 0.5) is 0 Å². The Morgan fingerprint density at radius 3 is 3.05 bits per heavy atom. The van der Waals surface area contributed by atoms with Crippen LogP contribution in [0, 0.1) is 0 Å². The fraction of sp³-hybridized carbons (Fsp3) is 0.250. The number of carbonyl (C=O) groups is 1. The quantitative estimate of drug-likeness (QED) is 0.826. The molecule has 1 heterocycles. The minimum Gasteiger partial charge on any atom is -0.507 e. The van der Waals surface area contributed by atoms with Gasteiger partial charge in [-0.05, 0) is 18.2 Å². The molecular weight excluding hydrogens is 250 g/mol. The predicted octanol–water partition coefficient (Wildman–Crippen LogP) is 0.756. The van der Waals surface area contributed by atoms with E-state index in [1.165, 1.54) is 25.6 Å². The van der Waals surface area contributed by atoms with Crippen molar-refractivity contribution in [1.29, 1.82) is 0 Å². The van der Waals surface area contributed by atoms with Gasteiger partial charge in [0.1, 0.15) is 11.5 Å². The molecule has 7 nitrogen and oxygen atoms in total. The summed E-state index contributed by atoms with van der Waals surface area (Å²) in [5.41, 5.74) is 0.157. The highest BCUT2D eigenvalue weighted by atomic mass is 16.5. The van der Waals surface area contributed by atoms with Gasteiger partial charge in [0.05, 0.1) is 12.7 Å². The van der Waals surface area contributed by atoms with E-state index < -0.39 is 5.91 Å². The molecule has 0 saturated carbocycles. The topological polar surface area (TPSA) is 97.5 Å². The van der Waals surface area contributed by atoms with Gasteiger partial charge in [0.25, 0.3) is 5.91 Å². The molecule has 1 aromatic carbocycles. The van der Waals surface area contributed by atoms with E-state index in [0.29, 0.717) is 24.6 Å². The van der Waals surface area contributed by atoms with Crippen LogP contribution in [-0.4, -0.2) is 34.8 Å². The average Bonchev–Trinajstić information content (AvgIpc) is 2.92. The zero-order valence-corrected chi connectivity index (χ0v) is 10.3. The first-order valence-corrected chi connectivity index (χ1v) is 5.61. The van der Waals surface area contributed by atoms with E-state index in [1.807, 2.05) is 0 Å². The smallest absolute Gasteiger partial charge is 0.255 e. The van der Waals surface area contributed by atoms with Crippen molar-refractivity contribution in [3.8, 4) is 11.5 Å². The first-order valence-electron chi connectivity index (χ1n) is 5.61. The number of aromatic hydroxyl groups is 1. The highest BCUT2D eigenvalue weighted by Gasteiger charge is 2.12. The third-order valence-corrected chi connectivity index (χ3v) is 2.48. The van der Waals surface area contributed by atoms with E-state index >= 15 is 0 Å². The van der Waals surface area contributed by atoms with Crippen molar-refractivity contribution in [2.45, 2.75) is 6.42 Å². The molecule has 0 aliphatic rings. The Kier molecular flexibility index (Phi) is 3.97. The van der Waals surface area contributed by atoms with Gasteiger partial charge in [-0.1, -0.05) is 5.16 Å². The number of phenols is 1. The number of carbonyl (C=O) groups excluding carboxylic acids is 1. The van der Waals surface area contributed by atoms with Crippen molar-refractivity contribution in [1.82, 2.24) is 15.5 Å². The summed E-state index contributed by atoms with van der Waals surface area (Å²) in [7, 11) is 1.49. The number of phenolic OH excluding ortho intramolecular Hbond substituents is 1. The largest absolute Gasteiger partial charge is 0.507 e. The molecule has 0 radical (unpaired) electrons. The Labute approximate surface area is 109 Å². The molecule has 1 aromatic heterocycles. The lowest BCUT2D eigenvalue weighted by Gasteiger charge is -2.07. The first kappa shape index (κ1) is 12.9. The van der Waals surface area contributed by atoms with E-state index in [1.54, 1.807) is 6.07 Å². The van der Waals surface area contributed by atoms with Crippen LogP contribution in [0.1, 0.15) is 16.2 Å². The number of ether oxygens (including phenoxy) is 1. The fourth-order valence-electron chi connectivity index (χ4n) is 1.51. The molecule has 0 aliphatic carbocycles. The summed E-state index contributed by atoms with van der Waals surface area (Å²) in [6.45, 7) is 0.331. The Balaban J connectivity index is 1.95. The average molecular weight is 263 g/mol. The lowest BCUT2D eigenvalue weighted by molar-refractivity contribution is 0.0950. The second-order valence-electron chi connectivity index (χ2n) is 3.72. The zero-order chi connectivity index (χ0) is 13.7. The van der Waals surface area contributed by atoms with Gasteiger partial charge in [-0.2, -0.15) is 4.98 Å². The summed E-state index contributed by atoms with van der Waals surface area (Å²) in [5.74, 6) is 0.446. The van der Waals surface area contributed by atoms with Crippen molar-refractivity contribution in [3.63, 3.8) is 0 Å². The van der Waals surface area contributed by atoms with Crippen LogP contribution in [0.5, 0.6) is 11.5 Å². The molecule has 19 heavy (non-hydrogen) atoms. The molecular formula is C12H13N3O4. The van der Waals surface area contributed by atoms with Crippen LogP contribution >= 0.6 is 0 Å². The lowest BCUT2D eigenvalue weighted by Crippen LogP contribution is -2.25. The molecule has 2 aromatic rings. The Hall–Kier alpha value is -2.57. The summed E-state index contributed by atoms with van der Waals surface area (Å²) in [4.78, 5) is 15.7. The second-order valence-corrected chi connectivity index (χ2v) is 3.72. The molecule has 0 bridgehead atoms. The normalized spacial score (nSPS) is 10.2. The summed E-state index contributed by atoms with van der Waals surface area (Å²) >= 11 is 0. The molecule has 1 amide bonds. The summed E-state index contributed by atoms with van der Waals surface area (Å²) in [6.07, 6.45) is 1.72. The van der Waals surface area contributed by atoms with Gasteiger partial charge in [-0.15, -0.1) is 0 Å². The zero-order valence-electron chi connectivity index (χ0n) is 10.3. The molecule has 100 valence electrons. The minimum absolute atomic E-state index is 0.101. The Bertz CT molecular complexity index is 554. The van der Waals surface area contributed by atoms with Crippen LogP contribution in [0.3, 0.4) is 0 Å². The Morgan fingerprint density at radius 1 is 1.53 bits per heavy atom. The maximum Gasteiger partial charge on any atom is 0.255 e. The molecule has 2 N–H and O–H groups in total. The molecule has 0 atom stereocenters. The van der Waals surface area contributed by atoms with Gasteiger partial charge in [-0.3, -0.25) is 4.79 Å². The number of rotatable bonds is 5.